The van der Waals surface area contributed by atoms with E-state index in [9.17, 15) is 22.7 Å². The van der Waals surface area contributed by atoms with Crippen molar-refractivity contribution in [1.29, 1.82) is 0 Å². The Labute approximate surface area is 160 Å². The number of rotatable bonds is 7. The van der Waals surface area contributed by atoms with Crippen molar-refractivity contribution in [1.82, 2.24) is 10.6 Å². The summed E-state index contributed by atoms with van der Waals surface area (Å²) in [6.07, 6.45) is -5.74. The van der Waals surface area contributed by atoms with Gasteiger partial charge in [0.25, 0.3) is 0 Å². The first-order chi connectivity index (χ1) is 13.3. The van der Waals surface area contributed by atoms with E-state index >= 15 is 0 Å². The van der Waals surface area contributed by atoms with Gasteiger partial charge in [-0.3, -0.25) is 0 Å². The minimum Gasteiger partial charge on any atom is -0.406 e. The highest BCUT2D eigenvalue weighted by Crippen LogP contribution is 2.24. The van der Waals surface area contributed by atoms with E-state index in [-0.39, 0.29) is 24.7 Å². The highest BCUT2D eigenvalue weighted by molar-refractivity contribution is 5.79. The lowest BCUT2D eigenvalue weighted by Gasteiger charge is -2.16. The van der Waals surface area contributed by atoms with Crippen LogP contribution in [0.5, 0.6) is 5.75 Å². The van der Waals surface area contributed by atoms with Crippen molar-refractivity contribution >= 4 is 5.96 Å². The van der Waals surface area contributed by atoms with Gasteiger partial charge in [-0.05, 0) is 42.3 Å². The smallest absolute Gasteiger partial charge is 0.406 e. The number of guanidine groups is 1. The second-order valence-corrected chi connectivity index (χ2v) is 5.84. The maximum atomic E-state index is 13.2. The van der Waals surface area contributed by atoms with Crippen LogP contribution in [0.1, 0.15) is 24.2 Å². The largest absolute Gasteiger partial charge is 0.573 e. The van der Waals surface area contributed by atoms with Crippen molar-refractivity contribution in [2.75, 3.05) is 13.1 Å². The SMILES string of the molecule is CCNC(=NCc1cccc(F)c1)NCC(O)c1ccc(OC(F)(F)F)cc1. The number of aliphatic hydroxyl groups excluding tert-OH is 1. The van der Waals surface area contributed by atoms with Crippen molar-refractivity contribution in [3.05, 3.63) is 65.5 Å². The summed E-state index contributed by atoms with van der Waals surface area (Å²) in [4.78, 5) is 4.32. The molecule has 3 N–H and O–H groups in total. The number of ether oxygens (including phenoxy) is 1. The molecule has 0 saturated carbocycles. The van der Waals surface area contributed by atoms with Crippen LogP contribution in [0.3, 0.4) is 0 Å². The molecule has 0 amide bonds. The van der Waals surface area contributed by atoms with Crippen molar-refractivity contribution < 1.29 is 27.4 Å². The number of nitrogens with zero attached hydrogens (tertiary/aromatic N) is 1. The third-order valence-electron chi connectivity index (χ3n) is 3.61. The highest BCUT2D eigenvalue weighted by atomic mass is 19.4. The first kappa shape index (κ1) is 21.5. The number of alkyl halides is 3. The summed E-state index contributed by atoms with van der Waals surface area (Å²) in [6.45, 7) is 2.77. The van der Waals surface area contributed by atoms with E-state index in [1.54, 1.807) is 12.1 Å². The molecule has 2 aromatic rings. The van der Waals surface area contributed by atoms with E-state index in [1.807, 2.05) is 6.92 Å². The standard InChI is InChI=1S/C19H21F4N3O2/c1-2-24-18(25-11-13-4-3-5-15(20)10-13)26-12-17(27)14-6-8-16(9-7-14)28-19(21,22)23/h3-10,17,27H,2,11-12H2,1H3,(H2,24,25,26). The number of aliphatic hydroxyl groups is 1. The van der Waals surface area contributed by atoms with Gasteiger partial charge in [-0.15, -0.1) is 13.2 Å². The van der Waals surface area contributed by atoms with Crippen LogP contribution in [-0.2, 0) is 6.54 Å². The summed E-state index contributed by atoms with van der Waals surface area (Å²) in [5.74, 6) is -0.289. The molecule has 2 aromatic carbocycles. The van der Waals surface area contributed by atoms with Crippen LogP contribution in [-0.4, -0.2) is 30.5 Å². The van der Waals surface area contributed by atoms with E-state index in [4.69, 9.17) is 0 Å². The maximum Gasteiger partial charge on any atom is 0.573 e. The molecule has 0 aliphatic heterocycles. The van der Waals surface area contributed by atoms with Gasteiger partial charge in [0, 0.05) is 13.1 Å². The molecule has 1 atom stereocenters. The van der Waals surface area contributed by atoms with Crippen LogP contribution in [0.4, 0.5) is 17.6 Å². The van der Waals surface area contributed by atoms with Crippen LogP contribution in [0.2, 0.25) is 0 Å². The van der Waals surface area contributed by atoms with Crippen LogP contribution in [0.25, 0.3) is 0 Å². The lowest BCUT2D eigenvalue weighted by molar-refractivity contribution is -0.274. The Morgan fingerprint density at radius 2 is 1.86 bits per heavy atom. The van der Waals surface area contributed by atoms with E-state index in [0.717, 1.165) is 12.1 Å². The van der Waals surface area contributed by atoms with Gasteiger partial charge < -0.3 is 20.5 Å². The van der Waals surface area contributed by atoms with E-state index in [0.29, 0.717) is 23.6 Å². The number of aliphatic imine (C=N–C) groups is 1. The minimum atomic E-state index is -4.76. The molecule has 0 aliphatic rings. The molecular weight excluding hydrogens is 378 g/mol. The van der Waals surface area contributed by atoms with Gasteiger partial charge in [-0.25, -0.2) is 9.38 Å². The molecule has 0 spiro atoms. The molecule has 2 rings (SSSR count). The number of nitrogens with one attached hydrogen (secondary N) is 2. The first-order valence-electron chi connectivity index (χ1n) is 8.57. The normalized spacial score (nSPS) is 13.1. The summed E-state index contributed by atoms with van der Waals surface area (Å²) in [5, 5.41) is 16.2. The number of halogens is 4. The van der Waals surface area contributed by atoms with Crippen LogP contribution in [0, 0.1) is 5.82 Å². The molecule has 0 bridgehead atoms. The molecule has 0 radical (unpaired) electrons. The second kappa shape index (κ2) is 9.93. The lowest BCUT2D eigenvalue weighted by Crippen LogP contribution is -2.39. The van der Waals surface area contributed by atoms with Crippen molar-refractivity contribution in [3.63, 3.8) is 0 Å². The number of hydrogen-bond donors (Lipinski definition) is 3. The zero-order valence-electron chi connectivity index (χ0n) is 15.1. The van der Waals surface area contributed by atoms with Gasteiger partial charge in [-0.1, -0.05) is 24.3 Å². The third kappa shape index (κ3) is 7.43. The van der Waals surface area contributed by atoms with Crippen LogP contribution < -0.4 is 15.4 Å². The monoisotopic (exact) mass is 399 g/mol. The van der Waals surface area contributed by atoms with Crippen molar-refractivity contribution in [2.24, 2.45) is 4.99 Å². The molecule has 9 heteroatoms. The maximum absolute atomic E-state index is 13.2. The molecule has 152 valence electrons. The Balaban J connectivity index is 1.93. The molecule has 28 heavy (non-hydrogen) atoms. The van der Waals surface area contributed by atoms with Gasteiger partial charge >= 0.3 is 6.36 Å². The highest BCUT2D eigenvalue weighted by Gasteiger charge is 2.31. The quantitative estimate of drug-likeness (QED) is 0.379. The van der Waals surface area contributed by atoms with Crippen LogP contribution in [0.15, 0.2) is 53.5 Å². The Morgan fingerprint density at radius 1 is 1.14 bits per heavy atom. The molecule has 0 heterocycles. The predicted octanol–water partition coefficient (Wildman–Crippen LogP) is 3.51. The first-order valence-corrected chi connectivity index (χ1v) is 8.57. The topological polar surface area (TPSA) is 65.9 Å². The fraction of sp³-hybridized carbons (Fsp3) is 0.316. The Bertz CT molecular complexity index is 779. The Kier molecular flexibility index (Phi) is 7.62. The van der Waals surface area contributed by atoms with Gasteiger partial charge in [0.05, 0.1) is 12.6 Å². The molecule has 0 aromatic heterocycles. The summed E-state index contributed by atoms with van der Waals surface area (Å²) in [7, 11) is 0. The average Bonchev–Trinajstić information content (AvgIpc) is 2.63. The van der Waals surface area contributed by atoms with Gasteiger partial charge in [0.1, 0.15) is 11.6 Å². The zero-order chi connectivity index (χ0) is 20.6. The zero-order valence-corrected chi connectivity index (χ0v) is 15.1. The lowest BCUT2D eigenvalue weighted by atomic mass is 10.1. The molecule has 0 aliphatic carbocycles. The third-order valence-corrected chi connectivity index (χ3v) is 3.61. The number of benzene rings is 2. The molecule has 0 saturated heterocycles. The molecular formula is C19H21F4N3O2. The molecule has 5 nitrogen and oxygen atoms in total. The Hall–Kier alpha value is -2.81. The van der Waals surface area contributed by atoms with E-state index < -0.39 is 12.5 Å². The van der Waals surface area contributed by atoms with Crippen molar-refractivity contribution in [2.45, 2.75) is 25.9 Å². The molecule has 1 unspecified atom stereocenters. The van der Waals surface area contributed by atoms with Crippen LogP contribution >= 0.6 is 0 Å². The van der Waals surface area contributed by atoms with Gasteiger partial charge in [0.15, 0.2) is 5.96 Å². The average molecular weight is 399 g/mol. The fourth-order valence-corrected chi connectivity index (χ4v) is 2.35. The summed E-state index contributed by atoms with van der Waals surface area (Å²) in [5.41, 5.74) is 1.11. The number of hydrogen-bond acceptors (Lipinski definition) is 3. The molecule has 0 fully saturated rings. The summed E-state index contributed by atoms with van der Waals surface area (Å²) < 4.78 is 53.5. The van der Waals surface area contributed by atoms with E-state index in [2.05, 4.69) is 20.4 Å². The fourth-order valence-electron chi connectivity index (χ4n) is 2.35. The van der Waals surface area contributed by atoms with Gasteiger partial charge in [0.2, 0.25) is 0 Å². The predicted molar refractivity (Wildman–Crippen MR) is 97.3 cm³/mol. The van der Waals surface area contributed by atoms with E-state index in [1.165, 1.54) is 24.3 Å². The second-order valence-electron chi connectivity index (χ2n) is 5.84. The van der Waals surface area contributed by atoms with Crippen molar-refractivity contribution in [3.8, 4) is 5.75 Å². The minimum absolute atomic E-state index is 0.0778. The van der Waals surface area contributed by atoms with Gasteiger partial charge in [-0.2, -0.15) is 0 Å². The summed E-state index contributed by atoms with van der Waals surface area (Å²) >= 11 is 0. The Morgan fingerprint density at radius 3 is 2.46 bits per heavy atom. The summed E-state index contributed by atoms with van der Waals surface area (Å²) in [6, 6.07) is 11.0.